The third kappa shape index (κ3) is 5.67. The number of nitrogens with zero attached hydrogens (tertiary/aromatic N) is 4. The molecule has 1 N–H and O–H groups in total. The molecule has 230 valence electrons. The van der Waals surface area contributed by atoms with E-state index in [4.69, 9.17) is 18.9 Å². The number of amides is 1. The summed E-state index contributed by atoms with van der Waals surface area (Å²) >= 11 is 0. The molecule has 0 saturated heterocycles. The van der Waals surface area contributed by atoms with Crippen LogP contribution < -0.4 is 29.8 Å². The number of ether oxygens (including phenoxy) is 4. The van der Waals surface area contributed by atoms with E-state index in [1.54, 1.807) is 12.1 Å². The Morgan fingerprint density at radius 1 is 1.00 bits per heavy atom. The minimum Gasteiger partial charge on any atom is -0.486 e. The highest BCUT2D eigenvalue weighted by atomic mass is 19.4. The van der Waals surface area contributed by atoms with Gasteiger partial charge in [0.25, 0.3) is 11.5 Å². The summed E-state index contributed by atoms with van der Waals surface area (Å²) in [4.78, 5) is 38.6. The molecule has 0 spiro atoms. The Morgan fingerprint density at radius 3 is 2.44 bits per heavy atom. The van der Waals surface area contributed by atoms with Gasteiger partial charge in [0.1, 0.15) is 30.8 Å². The molecule has 0 bridgehead atoms. The van der Waals surface area contributed by atoms with E-state index in [0.29, 0.717) is 46.2 Å². The fourth-order valence-corrected chi connectivity index (χ4v) is 4.65. The number of fused-ring (bicyclic) bond motifs is 2. The van der Waals surface area contributed by atoms with E-state index < -0.39 is 34.7 Å². The number of aryl methyl sites for hydroxylation is 1. The molecule has 1 aliphatic heterocycles. The van der Waals surface area contributed by atoms with Crippen LogP contribution in [0.25, 0.3) is 16.6 Å². The average molecular weight is 624 g/mol. The van der Waals surface area contributed by atoms with E-state index in [-0.39, 0.29) is 34.4 Å². The van der Waals surface area contributed by atoms with Crippen molar-refractivity contribution in [2.24, 2.45) is 0 Å². The first kappa shape index (κ1) is 29.3. The van der Waals surface area contributed by atoms with Crippen LogP contribution in [0.5, 0.6) is 29.0 Å². The maximum atomic E-state index is 15.1. The van der Waals surface area contributed by atoms with Crippen molar-refractivity contribution in [1.29, 1.82) is 0 Å². The molecule has 11 nitrogen and oxygen atoms in total. The molecule has 3 aromatic heterocycles. The predicted molar refractivity (Wildman–Crippen MR) is 151 cm³/mol. The summed E-state index contributed by atoms with van der Waals surface area (Å²) in [7, 11) is 1.33. The van der Waals surface area contributed by atoms with Crippen LogP contribution in [0.2, 0.25) is 0 Å². The van der Waals surface area contributed by atoms with Crippen molar-refractivity contribution < 1.29 is 41.3 Å². The summed E-state index contributed by atoms with van der Waals surface area (Å²) in [6.45, 7) is 2.20. The summed E-state index contributed by atoms with van der Waals surface area (Å²) in [6.07, 6.45) is -2.66. The number of hydrogen-bond donors (Lipinski definition) is 1. The van der Waals surface area contributed by atoms with Gasteiger partial charge in [-0.25, -0.2) is 19.3 Å². The van der Waals surface area contributed by atoms with E-state index in [2.05, 4.69) is 20.3 Å². The highest BCUT2D eigenvalue weighted by Gasteiger charge is 2.36. The van der Waals surface area contributed by atoms with E-state index in [9.17, 15) is 22.8 Å². The molecule has 0 radical (unpaired) electrons. The number of carbonyl (C=O) groups excluding carboxylic acids is 1. The zero-order valence-corrected chi connectivity index (χ0v) is 23.4. The van der Waals surface area contributed by atoms with Crippen molar-refractivity contribution in [3.63, 3.8) is 0 Å². The van der Waals surface area contributed by atoms with Crippen molar-refractivity contribution in [2.45, 2.75) is 13.1 Å². The number of pyridine rings is 2. The Balaban J connectivity index is 1.28. The highest BCUT2D eigenvalue weighted by molar-refractivity contribution is 6.04. The second-order valence-corrected chi connectivity index (χ2v) is 9.68. The first-order valence-electron chi connectivity index (χ1n) is 13.2. The van der Waals surface area contributed by atoms with E-state index >= 15 is 4.39 Å². The molecule has 5 aromatic rings. The van der Waals surface area contributed by atoms with Gasteiger partial charge < -0.3 is 24.3 Å². The lowest BCUT2D eigenvalue weighted by molar-refractivity contribution is -0.142. The number of benzene rings is 2. The standard InChI is InChI=1S/C30H21F4N5O6/c1-15-9-26(42-2)35-13-21(15)39-25(30(32,33)34)6-4-17(29(39)41)27(40)38-16-3-5-22(19(31)10-16)45-28-18-11-23-24(44-8-7-43-23)12-20(18)36-14-37-28/h3-6,9-14H,7-8H2,1-2H3,(H,38,40). The van der Waals surface area contributed by atoms with Gasteiger partial charge in [0.05, 0.1) is 29.9 Å². The van der Waals surface area contributed by atoms with Crippen LogP contribution in [-0.4, -0.2) is 45.7 Å². The van der Waals surface area contributed by atoms with Gasteiger partial charge in [0, 0.05) is 23.9 Å². The molecule has 1 aliphatic rings. The van der Waals surface area contributed by atoms with E-state index in [0.717, 1.165) is 18.3 Å². The third-order valence-electron chi connectivity index (χ3n) is 6.78. The van der Waals surface area contributed by atoms with Gasteiger partial charge in [-0.05, 0) is 42.8 Å². The Kier molecular flexibility index (Phi) is 7.44. The molecule has 0 atom stereocenters. The molecule has 6 rings (SSSR count). The van der Waals surface area contributed by atoms with Gasteiger partial charge in [0.15, 0.2) is 23.1 Å². The highest BCUT2D eigenvalue weighted by Crippen LogP contribution is 2.38. The van der Waals surface area contributed by atoms with Crippen molar-refractivity contribution in [3.05, 3.63) is 94.0 Å². The number of hydrogen-bond acceptors (Lipinski definition) is 9. The molecule has 0 unspecified atom stereocenters. The molecular weight excluding hydrogens is 602 g/mol. The van der Waals surface area contributed by atoms with Gasteiger partial charge in [0.2, 0.25) is 11.8 Å². The van der Waals surface area contributed by atoms with Gasteiger partial charge in [-0.3, -0.25) is 14.2 Å². The number of methoxy groups -OCH3 is 1. The number of aromatic nitrogens is 4. The van der Waals surface area contributed by atoms with Crippen LogP contribution in [-0.2, 0) is 6.18 Å². The van der Waals surface area contributed by atoms with Crippen LogP contribution in [0.3, 0.4) is 0 Å². The lowest BCUT2D eigenvalue weighted by Crippen LogP contribution is -2.33. The van der Waals surface area contributed by atoms with Crippen molar-refractivity contribution >= 4 is 22.5 Å². The number of alkyl halides is 3. The second kappa shape index (κ2) is 11.4. The second-order valence-electron chi connectivity index (χ2n) is 9.68. The average Bonchev–Trinajstić information content (AvgIpc) is 3.01. The molecule has 2 aromatic carbocycles. The van der Waals surface area contributed by atoms with Crippen molar-refractivity contribution in [1.82, 2.24) is 19.5 Å². The summed E-state index contributed by atoms with van der Waals surface area (Å²) < 4.78 is 79.0. The molecule has 45 heavy (non-hydrogen) atoms. The van der Waals surface area contributed by atoms with Crippen molar-refractivity contribution in [3.8, 4) is 34.7 Å². The Labute approximate surface area is 251 Å². The quantitative estimate of drug-likeness (QED) is 0.245. The Bertz CT molecular complexity index is 2030. The number of halogens is 4. The largest absolute Gasteiger partial charge is 0.486 e. The minimum absolute atomic E-state index is 0.0290. The Hall–Kier alpha value is -5.73. The van der Waals surface area contributed by atoms with Gasteiger partial charge in [-0.15, -0.1) is 0 Å². The first-order chi connectivity index (χ1) is 21.5. The summed E-state index contributed by atoms with van der Waals surface area (Å²) in [5.41, 5.74) is -2.79. The zero-order valence-electron chi connectivity index (χ0n) is 23.4. The zero-order chi connectivity index (χ0) is 31.9. The maximum absolute atomic E-state index is 15.1. The van der Waals surface area contributed by atoms with Crippen LogP contribution in [0.4, 0.5) is 23.2 Å². The monoisotopic (exact) mass is 623 g/mol. The molecule has 4 heterocycles. The Morgan fingerprint density at radius 2 is 1.76 bits per heavy atom. The fraction of sp³-hybridized carbons (Fsp3) is 0.167. The SMILES string of the molecule is COc1cc(C)c(-n2c(C(F)(F)F)ccc(C(=O)Nc3ccc(Oc4ncnc5cc6c(cc45)OCCO6)c(F)c3)c2=O)cn1. The molecule has 0 saturated carbocycles. The lowest BCUT2D eigenvalue weighted by Gasteiger charge is -2.19. The number of carbonyl (C=O) groups is 1. The number of anilines is 1. The fourth-order valence-electron chi connectivity index (χ4n) is 4.65. The minimum atomic E-state index is -4.94. The lowest BCUT2D eigenvalue weighted by atomic mass is 10.1. The summed E-state index contributed by atoms with van der Waals surface area (Å²) in [6, 6.07) is 9.41. The van der Waals surface area contributed by atoms with Crippen LogP contribution >= 0.6 is 0 Å². The predicted octanol–water partition coefficient (Wildman–Crippen LogP) is 5.47. The third-order valence-corrected chi connectivity index (χ3v) is 6.78. The van der Waals surface area contributed by atoms with E-state index in [1.165, 1.54) is 38.6 Å². The van der Waals surface area contributed by atoms with Crippen LogP contribution in [0, 0.1) is 12.7 Å². The van der Waals surface area contributed by atoms with Crippen molar-refractivity contribution in [2.75, 3.05) is 25.6 Å². The summed E-state index contributed by atoms with van der Waals surface area (Å²) in [5, 5.41) is 2.77. The van der Waals surface area contributed by atoms with Gasteiger partial charge >= 0.3 is 6.18 Å². The number of rotatable bonds is 6. The van der Waals surface area contributed by atoms with Gasteiger partial charge in [-0.1, -0.05) is 0 Å². The summed E-state index contributed by atoms with van der Waals surface area (Å²) in [5.74, 6) is -1.11. The normalized spacial score (nSPS) is 12.6. The molecule has 0 aliphatic carbocycles. The molecule has 1 amide bonds. The topological polar surface area (TPSA) is 127 Å². The molecular formula is C30H21F4N5O6. The van der Waals surface area contributed by atoms with Crippen LogP contribution in [0.1, 0.15) is 21.6 Å². The molecule has 15 heteroatoms. The molecule has 0 fully saturated rings. The van der Waals surface area contributed by atoms with Crippen LogP contribution in [0.15, 0.2) is 65.8 Å². The smallest absolute Gasteiger partial charge is 0.431 e. The first-order valence-corrected chi connectivity index (χ1v) is 13.2. The number of nitrogens with one attached hydrogen (secondary N) is 1. The van der Waals surface area contributed by atoms with Gasteiger partial charge in [-0.2, -0.15) is 13.2 Å². The van der Waals surface area contributed by atoms with E-state index in [1.807, 2.05) is 0 Å². The maximum Gasteiger partial charge on any atom is 0.431 e.